The van der Waals surface area contributed by atoms with Gasteiger partial charge in [-0.15, -0.1) is 0 Å². The Labute approximate surface area is 118 Å². The van der Waals surface area contributed by atoms with E-state index in [-0.39, 0.29) is 5.78 Å². The molecular formula is C17H17NO2. The lowest BCUT2D eigenvalue weighted by Crippen LogP contribution is -2.28. The zero-order valence-corrected chi connectivity index (χ0v) is 11.5. The van der Waals surface area contributed by atoms with Gasteiger partial charge >= 0.3 is 0 Å². The predicted molar refractivity (Wildman–Crippen MR) is 79.7 cm³/mol. The molecule has 0 bridgehead atoms. The van der Waals surface area contributed by atoms with Gasteiger partial charge in [-0.25, -0.2) is 0 Å². The minimum atomic E-state index is 0.0964. The Kier molecular flexibility index (Phi) is 3.42. The third kappa shape index (κ3) is 2.27. The molecule has 3 rings (SSSR count). The third-order valence-corrected chi connectivity index (χ3v) is 3.73. The van der Waals surface area contributed by atoms with E-state index >= 15 is 0 Å². The van der Waals surface area contributed by atoms with Crippen LogP contribution in [0, 0.1) is 0 Å². The number of anilines is 1. The van der Waals surface area contributed by atoms with Gasteiger partial charge in [0.25, 0.3) is 0 Å². The van der Waals surface area contributed by atoms with Gasteiger partial charge in [-0.2, -0.15) is 0 Å². The molecule has 1 heterocycles. The van der Waals surface area contributed by atoms with Crippen LogP contribution in [0.2, 0.25) is 0 Å². The van der Waals surface area contributed by atoms with Gasteiger partial charge in [0.05, 0.1) is 19.2 Å². The molecule has 0 spiro atoms. The minimum Gasteiger partial charge on any atom is -0.496 e. The molecule has 0 saturated heterocycles. The van der Waals surface area contributed by atoms with Gasteiger partial charge in [-0.05, 0) is 30.2 Å². The van der Waals surface area contributed by atoms with Crippen molar-refractivity contribution < 1.29 is 9.53 Å². The Morgan fingerprint density at radius 3 is 2.75 bits per heavy atom. The number of nitrogens with zero attached hydrogens (tertiary/aromatic N) is 1. The maximum absolute atomic E-state index is 12.5. The molecule has 0 aromatic heterocycles. The Morgan fingerprint density at radius 2 is 1.90 bits per heavy atom. The summed E-state index contributed by atoms with van der Waals surface area (Å²) in [5.74, 6) is 0.740. The van der Waals surface area contributed by atoms with Crippen molar-refractivity contribution in [2.45, 2.75) is 6.42 Å². The van der Waals surface area contributed by atoms with Crippen LogP contribution in [0.4, 0.5) is 5.69 Å². The summed E-state index contributed by atoms with van der Waals surface area (Å²) in [7, 11) is 1.59. The Balaban J connectivity index is 1.81. The van der Waals surface area contributed by atoms with Gasteiger partial charge < -0.3 is 9.64 Å². The number of methoxy groups -OCH3 is 1. The molecule has 3 heteroatoms. The van der Waals surface area contributed by atoms with Crippen molar-refractivity contribution in [1.29, 1.82) is 0 Å². The van der Waals surface area contributed by atoms with Crippen LogP contribution in [-0.4, -0.2) is 26.0 Å². The number of rotatable bonds is 4. The highest BCUT2D eigenvalue weighted by Gasteiger charge is 2.22. The van der Waals surface area contributed by atoms with Crippen molar-refractivity contribution in [2.75, 3.05) is 25.1 Å². The molecule has 0 saturated carbocycles. The molecule has 102 valence electrons. The van der Waals surface area contributed by atoms with Crippen LogP contribution < -0.4 is 9.64 Å². The molecule has 2 aromatic rings. The summed E-state index contributed by atoms with van der Waals surface area (Å²) >= 11 is 0. The number of hydrogen-bond acceptors (Lipinski definition) is 3. The molecule has 0 amide bonds. The smallest absolute Gasteiger partial charge is 0.185 e. The number of carbonyl (C=O) groups excluding carboxylic acids is 1. The summed E-state index contributed by atoms with van der Waals surface area (Å²) in [5, 5.41) is 0. The number of benzene rings is 2. The third-order valence-electron chi connectivity index (χ3n) is 3.73. The fraction of sp³-hybridized carbons (Fsp3) is 0.235. The van der Waals surface area contributed by atoms with E-state index in [1.54, 1.807) is 7.11 Å². The van der Waals surface area contributed by atoms with Gasteiger partial charge in [0.1, 0.15) is 5.75 Å². The molecule has 20 heavy (non-hydrogen) atoms. The normalized spacial score (nSPS) is 13.2. The highest BCUT2D eigenvalue weighted by atomic mass is 16.5. The van der Waals surface area contributed by atoms with Crippen molar-refractivity contribution in [3.8, 4) is 5.75 Å². The lowest BCUT2D eigenvalue weighted by molar-refractivity contribution is 0.0996. The highest BCUT2D eigenvalue weighted by Crippen LogP contribution is 2.28. The molecule has 0 aliphatic carbocycles. The molecule has 0 unspecified atom stereocenters. The van der Waals surface area contributed by atoms with Crippen molar-refractivity contribution in [2.24, 2.45) is 0 Å². The fourth-order valence-electron chi connectivity index (χ4n) is 2.70. The van der Waals surface area contributed by atoms with Crippen LogP contribution in [0.15, 0.2) is 48.5 Å². The maximum Gasteiger partial charge on any atom is 0.185 e. The van der Waals surface area contributed by atoms with E-state index in [2.05, 4.69) is 17.0 Å². The number of hydrogen-bond donors (Lipinski definition) is 0. The summed E-state index contributed by atoms with van der Waals surface area (Å²) in [5.41, 5.74) is 3.15. The van der Waals surface area contributed by atoms with Crippen LogP contribution in [0.25, 0.3) is 0 Å². The first-order valence-corrected chi connectivity index (χ1v) is 6.78. The quantitative estimate of drug-likeness (QED) is 0.798. The van der Waals surface area contributed by atoms with Crippen LogP contribution in [-0.2, 0) is 6.42 Å². The van der Waals surface area contributed by atoms with Gasteiger partial charge in [-0.1, -0.05) is 30.3 Å². The van der Waals surface area contributed by atoms with Crippen molar-refractivity contribution in [3.05, 3.63) is 59.7 Å². The van der Waals surface area contributed by atoms with Gasteiger partial charge in [0.2, 0.25) is 0 Å². The molecule has 0 fully saturated rings. The lowest BCUT2D eigenvalue weighted by Gasteiger charge is -2.19. The first kappa shape index (κ1) is 12.7. The molecule has 1 aliphatic rings. The topological polar surface area (TPSA) is 29.5 Å². The second kappa shape index (κ2) is 5.37. The standard InChI is InChI=1S/C17H17NO2/c1-20-17-9-5-3-7-14(17)16(19)12-18-11-10-13-6-2-4-8-15(13)18/h2-9H,10-12H2,1H3. The first-order valence-electron chi connectivity index (χ1n) is 6.78. The van der Waals surface area contributed by atoms with Gasteiger partial charge in [-0.3, -0.25) is 4.79 Å². The summed E-state index contributed by atoms with van der Waals surface area (Å²) in [6.45, 7) is 1.30. The summed E-state index contributed by atoms with van der Waals surface area (Å²) < 4.78 is 5.26. The van der Waals surface area contributed by atoms with Crippen LogP contribution in [0.3, 0.4) is 0 Å². The Hall–Kier alpha value is -2.29. The van der Waals surface area contributed by atoms with Crippen molar-refractivity contribution >= 4 is 11.5 Å². The van der Waals surface area contributed by atoms with E-state index in [0.29, 0.717) is 17.9 Å². The van der Waals surface area contributed by atoms with E-state index in [1.807, 2.05) is 36.4 Å². The lowest BCUT2D eigenvalue weighted by atomic mass is 10.1. The average Bonchev–Trinajstić information content (AvgIpc) is 2.90. The largest absolute Gasteiger partial charge is 0.496 e. The van der Waals surface area contributed by atoms with E-state index < -0.39 is 0 Å². The van der Waals surface area contributed by atoms with Crippen molar-refractivity contribution in [1.82, 2.24) is 0 Å². The number of fused-ring (bicyclic) bond motifs is 1. The first-order chi connectivity index (χ1) is 9.79. The Morgan fingerprint density at radius 1 is 1.15 bits per heavy atom. The number of ketones is 1. The van der Waals surface area contributed by atoms with Crippen molar-refractivity contribution in [3.63, 3.8) is 0 Å². The molecule has 0 N–H and O–H groups in total. The highest BCUT2D eigenvalue weighted by molar-refractivity contribution is 6.01. The maximum atomic E-state index is 12.5. The summed E-state index contributed by atoms with van der Waals surface area (Å²) in [6.07, 6.45) is 1.01. The van der Waals surface area contributed by atoms with E-state index in [1.165, 1.54) is 11.3 Å². The molecular weight excluding hydrogens is 250 g/mol. The molecule has 1 aliphatic heterocycles. The predicted octanol–water partition coefficient (Wildman–Crippen LogP) is 2.94. The summed E-state index contributed by atoms with van der Waals surface area (Å²) in [4.78, 5) is 14.6. The van der Waals surface area contributed by atoms with E-state index in [0.717, 1.165) is 13.0 Å². The molecule has 0 radical (unpaired) electrons. The summed E-state index contributed by atoms with van der Waals surface area (Å²) in [6, 6.07) is 15.7. The monoisotopic (exact) mass is 267 g/mol. The second-order valence-corrected chi connectivity index (χ2v) is 4.92. The Bertz CT molecular complexity index is 636. The molecule has 3 nitrogen and oxygen atoms in total. The van der Waals surface area contributed by atoms with E-state index in [4.69, 9.17) is 4.74 Å². The number of para-hydroxylation sites is 2. The zero-order chi connectivity index (χ0) is 13.9. The number of ether oxygens (including phenoxy) is 1. The average molecular weight is 267 g/mol. The van der Waals surface area contributed by atoms with Crippen LogP contribution in [0.1, 0.15) is 15.9 Å². The van der Waals surface area contributed by atoms with Crippen LogP contribution in [0.5, 0.6) is 5.75 Å². The number of carbonyl (C=O) groups is 1. The number of Topliss-reactive ketones (excluding diaryl/α,β-unsaturated/α-hetero) is 1. The second-order valence-electron chi connectivity index (χ2n) is 4.92. The van der Waals surface area contributed by atoms with Gasteiger partial charge in [0.15, 0.2) is 5.78 Å². The van der Waals surface area contributed by atoms with Crippen LogP contribution >= 0.6 is 0 Å². The van der Waals surface area contributed by atoms with Gasteiger partial charge in [0, 0.05) is 12.2 Å². The fourth-order valence-corrected chi connectivity index (χ4v) is 2.70. The minimum absolute atomic E-state index is 0.0964. The zero-order valence-electron chi connectivity index (χ0n) is 11.5. The SMILES string of the molecule is COc1ccccc1C(=O)CN1CCc2ccccc21. The van der Waals surface area contributed by atoms with E-state index in [9.17, 15) is 4.79 Å². The molecule has 0 atom stereocenters. The molecule has 2 aromatic carbocycles.